The highest BCUT2D eigenvalue weighted by atomic mass is 33.1. The number of nitrogens with zero attached hydrogens (tertiary/aromatic N) is 1. The van der Waals surface area contributed by atoms with Crippen LogP contribution in [0, 0.1) is 0 Å². The normalized spacial score (nSPS) is 12.5. The lowest BCUT2D eigenvalue weighted by atomic mass is 10.1. The van der Waals surface area contributed by atoms with Gasteiger partial charge in [-0.3, -0.25) is 0 Å². The maximum atomic E-state index is 12.5. The van der Waals surface area contributed by atoms with Crippen molar-refractivity contribution in [2.75, 3.05) is 43.6 Å². The van der Waals surface area contributed by atoms with E-state index in [0.717, 1.165) is 28.0 Å². The predicted molar refractivity (Wildman–Crippen MR) is 108 cm³/mol. The van der Waals surface area contributed by atoms with Crippen molar-refractivity contribution in [2.24, 2.45) is 5.73 Å². The summed E-state index contributed by atoms with van der Waals surface area (Å²) in [6.45, 7) is 1.31. The van der Waals surface area contributed by atoms with Crippen LogP contribution in [0.15, 0.2) is 41.3 Å². The maximum absolute atomic E-state index is 12.5. The number of fused-ring (bicyclic) bond motifs is 1. The van der Waals surface area contributed by atoms with E-state index in [1.54, 1.807) is 21.6 Å². The van der Waals surface area contributed by atoms with Gasteiger partial charge in [0.05, 0.1) is 4.90 Å². The van der Waals surface area contributed by atoms with Crippen LogP contribution in [0.4, 0.5) is 5.69 Å². The first-order valence-electron chi connectivity index (χ1n) is 7.60. The number of rotatable bonds is 10. The monoisotopic (exact) mass is 385 g/mol. The van der Waals surface area contributed by atoms with Gasteiger partial charge < -0.3 is 10.6 Å². The van der Waals surface area contributed by atoms with Crippen molar-refractivity contribution in [1.29, 1.82) is 0 Å². The molecule has 0 aromatic heterocycles. The number of benzene rings is 2. The van der Waals surface area contributed by atoms with Crippen molar-refractivity contribution in [2.45, 2.75) is 4.90 Å². The molecule has 0 radical (unpaired) electrons. The summed E-state index contributed by atoms with van der Waals surface area (Å²) in [4.78, 5) is 2.72. The highest BCUT2D eigenvalue weighted by Gasteiger charge is 2.12. The van der Waals surface area contributed by atoms with E-state index in [4.69, 9.17) is 10.0 Å². The molecule has 8 heteroatoms. The summed E-state index contributed by atoms with van der Waals surface area (Å²) >= 11 is -1.55. The number of hydroxylamine groups is 1. The van der Waals surface area contributed by atoms with Crippen LogP contribution >= 0.6 is 21.6 Å². The summed E-state index contributed by atoms with van der Waals surface area (Å²) < 4.78 is 17.8. The molecule has 24 heavy (non-hydrogen) atoms. The minimum Gasteiger partial charge on any atom is -0.377 e. The Kier molecular flexibility index (Phi) is 8.37. The number of nitrogens with one attached hydrogen (secondary N) is 1. The van der Waals surface area contributed by atoms with Gasteiger partial charge in [0.15, 0.2) is 0 Å². The Balaban J connectivity index is 1.99. The standard InChI is InChI=1S/C16H23N3O2S3/c1-19(2)15-7-3-6-14-13(15)5-4-8-16(14)24(20)21-18-10-12-23-22-11-9-17/h3-8,18H,9-12,17H2,1-2H3. The molecule has 1 atom stereocenters. The second kappa shape index (κ2) is 10.3. The maximum Gasteiger partial charge on any atom is 0.207 e. The third-order valence-corrected chi connectivity index (χ3v) is 6.65. The van der Waals surface area contributed by atoms with Crippen molar-refractivity contribution in [3.8, 4) is 0 Å². The minimum absolute atomic E-state index is 0.627. The molecular weight excluding hydrogens is 362 g/mol. The van der Waals surface area contributed by atoms with Crippen LogP contribution in [0.1, 0.15) is 0 Å². The molecule has 2 aromatic rings. The first-order valence-corrected chi connectivity index (χ1v) is 11.2. The van der Waals surface area contributed by atoms with Crippen LogP contribution in [0.25, 0.3) is 10.8 Å². The van der Waals surface area contributed by atoms with Crippen molar-refractivity contribution in [3.63, 3.8) is 0 Å². The van der Waals surface area contributed by atoms with E-state index in [1.807, 2.05) is 55.4 Å². The molecule has 2 rings (SSSR count). The highest BCUT2D eigenvalue weighted by molar-refractivity contribution is 8.76. The van der Waals surface area contributed by atoms with Gasteiger partial charge in [-0.1, -0.05) is 45.9 Å². The van der Waals surface area contributed by atoms with E-state index in [1.165, 1.54) is 0 Å². The molecule has 0 heterocycles. The average Bonchev–Trinajstić information content (AvgIpc) is 2.59. The largest absolute Gasteiger partial charge is 0.377 e. The molecule has 0 bridgehead atoms. The summed E-state index contributed by atoms with van der Waals surface area (Å²) in [5, 5.41) is 2.00. The molecule has 0 aliphatic rings. The fraction of sp³-hybridized carbons (Fsp3) is 0.375. The lowest BCUT2D eigenvalue weighted by Gasteiger charge is -2.16. The van der Waals surface area contributed by atoms with Crippen molar-refractivity contribution in [3.05, 3.63) is 36.4 Å². The SMILES string of the molecule is CN(C)c1cccc2c(S(=O)ONCCSSCCN)cccc12. The van der Waals surface area contributed by atoms with Gasteiger partial charge in [0, 0.05) is 55.2 Å². The van der Waals surface area contributed by atoms with Crippen LogP contribution in [0.2, 0.25) is 0 Å². The zero-order chi connectivity index (χ0) is 17.4. The van der Waals surface area contributed by atoms with E-state index in [9.17, 15) is 4.21 Å². The molecule has 0 aliphatic carbocycles. The van der Waals surface area contributed by atoms with E-state index in [-0.39, 0.29) is 0 Å². The van der Waals surface area contributed by atoms with Gasteiger partial charge in [0.25, 0.3) is 0 Å². The number of hydrogen-bond acceptors (Lipinski definition) is 7. The number of nitrogens with two attached hydrogens (primary N) is 1. The highest BCUT2D eigenvalue weighted by Crippen LogP contribution is 2.29. The Morgan fingerprint density at radius 1 is 1.12 bits per heavy atom. The molecule has 0 amide bonds. The van der Waals surface area contributed by atoms with E-state index >= 15 is 0 Å². The lowest BCUT2D eigenvalue weighted by molar-refractivity contribution is 0.230. The van der Waals surface area contributed by atoms with Gasteiger partial charge in [-0.2, -0.15) is 9.76 Å². The average molecular weight is 386 g/mol. The topological polar surface area (TPSA) is 67.6 Å². The summed E-state index contributed by atoms with van der Waals surface area (Å²) in [7, 11) is 7.45. The predicted octanol–water partition coefficient (Wildman–Crippen LogP) is 2.79. The lowest BCUT2D eigenvalue weighted by Crippen LogP contribution is -2.19. The van der Waals surface area contributed by atoms with E-state index in [0.29, 0.717) is 18.0 Å². The van der Waals surface area contributed by atoms with Crippen molar-refractivity contribution < 1.29 is 8.49 Å². The molecule has 0 saturated carbocycles. The Morgan fingerprint density at radius 3 is 2.58 bits per heavy atom. The Morgan fingerprint density at radius 2 is 1.83 bits per heavy atom. The van der Waals surface area contributed by atoms with Gasteiger partial charge in [-0.15, -0.1) is 0 Å². The molecule has 0 saturated heterocycles. The number of hydrogen-bond donors (Lipinski definition) is 2. The van der Waals surface area contributed by atoms with Crippen LogP contribution in [-0.4, -0.2) is 42.9 Å². The zero-order valence-electron chi connectivity index (χ0n) is 13.9. The molecule has 0 fully saturated rings. The molecule has 0 spiro atoms. The molecule has 2 aromatic carbocycles. The molecule has 1 unspecified atom stereocenters. The fourth-order valence-electron chi connectivity index (χ4n) is 2.19. The quantitative estimate of drug-likeness (QED) is 0.370. The Bertz CT molecular complexity index is 683. The third kappa shape index (κ3) is 5.37. The van der Waals surface area contributed by atoms with Gasteiger partial charge in [-0.05, 0) is 12.1 Å². The molecule has 5 nitrogen and oxygen atoms in total. The fourth-order valence-corrected chi connectivity index (χ4v) is 4.76. The van der Waals surface area contributed by atoms with E-state index < -0.39 is 11.1 Å². The molecule has 132 valence electrons. The summed E-state index contributed by atoms with van der Waals surface area (Å²) in [6.07, 6.45) is 0. The van der Waals surface area contributed by atoms with Crippen LogP contribution < -0.4 is 16.1 Å². The first-order chi connectivity index (χ1) is 11.6. The zero-order valence-corrected chi connectivity index (χ0v) is 16.3. The first kappa shape index (κ1) is 19.6. The van der Waals surface area contributed by atoms with Gasteiger partial charge in [-0.25, -0.2) is 4.21 Å². The van der Waals surface area contributed by atoms with Crippen LogP contribution in [0.5, 0.6) is 0 Å². The van der Waals surface area contributed by atoms with Gasteiger partial charge >= 0.3 is 0 Å². The summed E-state index contributed by atoms with van der Waals surface area (Å²) in [5.74, 6) is 1.80. The summed E-state index contributed by atoms with van der Waals surface area (Å²) in [5.41, 5.74) is 9.31. The van der Waals surface area contributed by atoms with Crippen LogP contribution in [-0.2, 0) is 15.4 Å². The molecule has 3 N–H and O–H groups in total. The smallest absolute Gasteiger partial charge is 0.207 e. The second-order valence-electron chi connectivity index (χ2n) is 5.17. The number of anilines is 1. The van der Waals surface area contributed by atoms with Crippen molar-refractivity contribution in [1.82, 2.24) is 5.48 Å². The third-order valence-electron chi connectivity index (χ3n) is 3.23. The van der Waals surface area contributed by atoms with E-state index in [2.05, 4.69) is 5.48 Å². The summed E-state index contributed by atoms with van der Waals surface area (Å²) in [6, 6.07) is 11.8. The second-order valence-corrected chi connectivity index (χ2v) is 8.95. The molecular formula is C16H23N3O2S3. The van der Waals surface area contributed by atoms with Gasteiger partial charge in [0.1, 0.15) is 0 Å². The minimum atomic E-state index is -1.55. The molecule has 0 aliphatic heterocycles. The Labute approximate surface area is 153 Å². The van der Waals surface area contributed by atoms with Crippen molar-refractivity contribution >= 4 is 49.1 Å². The van der Waals surface area contributed by atoms with Gasteiger partial charge in [0.2, 0.25) is 11.1 Å². The van der Waals surface area contributed by atoms with Crippen LogP contribution in [0.3, 0.4) is 0 Å². The Hall–Kier alpha value is -0.770.